The molecule has 0 unspecified atom stereocenters. The van der Waals surface area contributed by atoms with E-state index in [0.717, 1.165) is 70.9 Å². The SMILES string of the molecule is CCCCCCCCC(CCCCCCCC)OC(=O)CCCCCCCN(CCCCCC(=O)O)C(C)(C)CO. The van der Waals surface area contributed by atoms with Crippen LogP contribution < -0.4 is 0 Å². The number of hydrogen-bond donors (Lipinski definition) is 2. The summed E-state index contributed by atoms with van der Waals surface area (Å²) in [5.74, 6) is -0.738. The summed E-state index contributed by atoms with van der Waals surface area (Å²) in [6, 6.07) is 0. The van der Waals surface area contributed by atoms with E-state index in [0.29, 0.717) is 12.8 Å². The number of unbranched alkanes of at least 4 members (excludes halogenated alkanes) is 16. The maximum atomic E-state index is 12.6. The molecule has 0 amide bonds. The maximum absolute atomic E-state index is 12.6. The van der Waals surface area contributed by atoms with Crippen LogP contribution in [0.3, 0.4) is 0 Å². The predicted octanol–water partition coefficient (Wildman–Crippen LogP) is 9.46. The molecule has 0 saturated heterocycles. The minimum Gasteiger partial charge on any atom is -0.481 e. The highest BCUT2D eigenvalue weighted by atomic mass is 16.5. The van der Waals surface area contributed by atoms with Crippen LogP contribution in [0.25, 0.3) is 0 Å². The zero-order valence-electron chi connectivity index (χ0n) is 27.7. The van der Waals surface area contributed by atoms with Crippen LogP contribution in [0.1, 0.15) is 182 Å². The molecule has 0 spiro atoms. The zero-order valence-corrected chi connectivity index (χ0v) is 27.7. The number of esters is 1. The summed E-state index contributed by atoms with van der Waals surface area (Å²) in [5, 5.41) is 18.7. The normalized spacial score (nSPS) is 12.0. The summed E-state index contributed by atoms with van der Waals surface area (Å²) in [7, 11) is 0. The van der Waals surface area contributed by atoms with Crippen molar-refractivity contribution in [3.63, 3.8) is 0 Å². The zero-order chi connectivity index (χ0) is 30.6. The predicted molar refractivity (Wildman–Crippen MR) is 172 cm³/mol. The van der Waals surface area contributed by atoms with Crippen molar-refractivity contribution in [2.75, 3.05) is 19.7 Å². The molecule has 0 fully saturated rings. The van der Waals surface area contributed by atoms with Crippen molar-refractivity contribution in [1.82, 2.24) is 4.90 Å². The van der Waals surface area contributed by atoms with E-state index in [1.54, 1.807) is 0 Å². The number of aliphatic hydroxyl groups excluding tert-OH is 1. The monoisotopic (exact) mass is 584 g/mol. The summed E-state index contributed by atoms with van der Waals surface area (Å²) in [6.45, 7) is 10.6. The minimum absolute atomic E-state index is 0.00858. The number of carboxylic acid groups (broad SMARTS) is 1. The number of nitrogens with zero attached hydrogens (tertiary/aromatic N) is 1. The van der Waals surface area contributed by atoms with Gasteiger partial charge in [-0.05, 0) is 78.3 Å². The van der Waals surface area contributed by atoms with Gasteiger partial charge in [-0.25, -0.2) is 0 Å². The van der Waals surface area contributed by atoms with Gasteiger partial charge in [0.05, 0.1) is 6.61 Å². The Labute approximate surface area is 254 Å². The van der Waals surface area contributed by atoms with E-state index in [-0.39, 0.29) is 30.6 Å². The molecule has 0 radical (unpaired) electrons. The molecule has 2 N–H and O–H groups in total. The molecular weight excluding hydrogens is 514 g/mol. The van der Waals surface area contributed by atoms with E-state index in [9.17, 15) is 14.7 Å². The van der Waals surface area contributed by atoms with Gasteiger partial charge in [0.2, 0.25) is 0 Å². The standard InChI is InChI=1S/C35H69NO5/c1-5-7-9-11-14-19-25-32(26-20-15-12-10-8-6-2)41-34(40)28-22-16-13-17-23-29-36(35(3,4)31-37)30-24-18-21-27-33(38)39/h32,37H,5-31H2,1-4H3,(H,38,39). The quantitative estimate of drug-likeness (QED) is 0.0624. The first kappa shape index (κ1) is 39.9. The van der Waals surface area contributed by atoms with Gasteiger partial charge in [0.15, 0.2) is 0 Å². The molecule has 0 aliphatic carbocycles. The Morgan fingerprint density at radius 3 is 1.54 bits per heavy atom. The number of carbonyl (C=O) groups is 2. The van der Waals surface area contributed by atoms with E-state index in [2.05, 4.69) is 32.6 Å². The Morgan fingerprint density at radius 1 is 0.634 bits per heavy atom. The van der Waals surface area contributed by atoms with Gasteiger partial charge < -0.3 is 14.9 Å². The Bertz CT molecular complexity index is 593. The van der Waals surface area contributed by atoms with E-state index in [1.807, 2.05) is 0 Å². The summed E-state index contributed by atoms with van der Waals surface area (Å²) in [4.78, 5) is 25.7. The lowest BCUT2D eigenvalue weighted by molar-refractivity contribution is -0.150. The van der Waals surface area contributed by atoms with Crippen LogP contribution in [-0.4, -0.2) is 58.4 Å². The lowest BCUT2D eigenvalue weighted by atomic mass is 10.0. The molecule has 0 heterocycles. The van der Waals surface area contributed by atoms with Crippen LogP contribution in [0.4, 0.5) is 0 Å². The number of aliphatic carboxylic acids is 1. The van der Waals surface area contributed by atoms with Gasteiger partial charge in [0.1, 0.15) is 6.10 Å². The number of carboxylic acids is 1. The lowest BCUT2D eigenvalue weighted by Crippen LogP contribution is -2.47. The number of aliphatic hydroxyl groups is 1. The molecule has 0 aromatic rings. The van der Waals surface area contributed by atoms with Crippen LogP contribution in [0, 0.1) is 0 Å². The molecule has 0 aliphatic rings. The summed E-state index contributed by atoms with van der Waals surface area (Å²) in [6.07, 6.45) is 26.0. The molecule has 6 nitrogen and oxygen atoms in total. The van der Waals surface area contributed by atoms with E-state index in [4.69, 9.17) is 9.84 Å². The molecule has 6 heteroatoms. The molecule has 41 heavy (non-hydrogen) atoms. The van der Waals surface area contributed by atoms with E-state index < -0.39 is 5.97 Å². The van der Waals surface area contributed by atoms with Crippen molar-refractivity contribution in [3.05, 3.63) is 0 Å². The lowest BCUT2D eigenvalue weighted by Gasteiger charge is -2.37. The second-order valence-corrected chi connectivity index (χ2v) is 12.9. The first-order chi connectivity index (χ1) is 19.8. The summed E-state index contributed by atoms with van der Waals surface area (Å²) in [5.41, 5.74) is -0.266. The molecule has 0 rings (SSSR count). The third-order valence-corrected chi connectivity index (χ3v) is 8.43. The van der Waals surface area contributed by atoms with Crippen molar-refractivity contribution in [3.8, 4) is 0 Å². The van der Waals surface area contributed by atoms with Crippen molar-refractivity contribution in [2.24, 2.45) is 0 Å². The highest BCUT2D eigenvalue weighted by molar-refractivity contribution is 5.69. The van der Waals surface area contributed by atoms with Crippen LogP contribution in [0.2, 0.25) is 0 Å². The number of rotatable bonds is 31. The van der Waals surface area contributed by atoms with Gasteiger partial charge in [-0.15, -0.1) is 0 Å². The topological polar surface area (TPSA) is 87.1 Å². The highest BCUT2D eigenvalue weighted by Crippen LogP contribution is 2.19. The van der Waals surface area contributed by atoms with Crippen LogP contribution in [0.5, 0.6) is 0 Å². The fourth-order valence-electron chi connectivity index (χ4n) is 5.49. The highest BCUT2D eigenvalue weighted by Gasteiger charge is 2.25. The summed E-state index contributed by atoms with van der Waals surface area (Å²) < 4.78 is 5.98. The van der Waals surface area contributed by atoms with Crippen molar-refractivity contribution < 1.29 is 24.5 Å². The van der Waals surface area contributed by atoms with Crippen molar-refractivity contribution in [1.29, 1.82) is 0 Å². The summed E-state index contributed by atoms with van der Waals surface area (Å²) >= 11 is 0. The van der Waals surface area contributed by atoms with Gasteiger partial charge in [-0.1, -0.05) is 104 Å². The van der Waals surface area contributed by atoms with Crippen molar-refractivity contribution in [2.45, 2.75) is 193 Å². The number of ether oxygens (including phenoxy) is 1. The molecule has 0 aliphatic heterocycles. The Hall–Kier alpha value is -1.14. The first-order valence-electron chi connectivity index (χ1n) is 17.5. The largest absolute Gasteiger partial charge is 0.481 e. The first-order valence-corrected chi connectivity index (χ1v) is 17.5. The van der Waals surface area contributed by atoms with Crippen LogP contribution in [-0.2, 0) is 14.3 Å². The van der Waals surface area contributed by atoms with Crippen molar-refractivity contribution >= 4 is 11.9 Å². The Balaban J connectivity index is 4.26. The molecule has 0 aromatic heterocycles. The fraction of sp³-hybridized carbons (Fsp3) is 0.943. The Kier molecular flexibility index (Phi) is 26.9. The fourth-order valence-corrected chi connectivity index (χ4v) is 5.49. The minimum atomic E-state index is -0.730. The third kappa shape index (κ3) is 25.1. The molecule has 0 atom stereocenters. The second-order valence-electron chi connectivity index (χ2n) is 12.9. The number of carbonyl (C=O) groups excluding carboxylic acids is 1. The molecule has 0 bridgehead atoms. The van der Waals surface area contributed by atoms with Gasteiger partial charge in [0.25, 0.3) is 0 Å². The maximum Gasteiger partial charge on any atom is 0.306 e. The van der Waals surface area contributed by atoms with Gasteiger partial charge in [-0.2, -0.15) is 0 Å². The number of hydrogen-bond acceptors (Lipinski definition) is 5. The molecular formula is C35H69NO5. The second kappa shape index (κ2) is 27.7. The smallest absolute Gasteiger partial charge is 0.306 e. The average molecular weight is 584 g/mol. The molecule has 244 valence electrons. The van der Waals surface area contributed by atoms with Gasteiger partial charge in [-0.3, -0.25) is 14.5 Å². The van der Waals surface area contributed by atoms with Gasteiger partial charge >= 0.3 is 11.9 Å². The molecule has 0 aromatic carbocycles. The molecule has 0 saturated carbocycles. The Morgan fingerprint density at radius 2 is 1.05 bits per heavy atom. The van der Waals surface area contributed by atoms with Gasteiger partial charge in [0, 0.05) is 18.4 Å². The van der Waals surface area contributed by atoms with Crippen LogP contribution >= 0.6 is 0 Å². The van der Waals surface area contributed by atoms with Crippen LogP contribution in [0.15, 0.2) is 0 Å². The van der Waals surface area contributed by atoms with E-state index in [1.165, 1.54) is 77.0 Å². The average Bonchev–Trinajstić information content (AvgIpc) is 2.94. The third-order valence-electron chi connectivity index (χ3n) is 8.43. The van der Waals surface area contributed by atoms with E-state index >= 15 is 0 Å².